The van der Waals surface area contributed by atoms with Crippen molar-refractivity contribution in [2.75, 3.05) is 13.1 Å². The first-order chi connectivity index (χ1) is 11.6. The highest BCUT2D eigenvalue weighted by Gasteiger charge is 2.16. The lowest BCUT2D eigenvalue weighted by molar-refractivity contribution is -0.119. The zero-order chi connectivity index (χ0) is 17.4. The summed E-state index contributed by atoms with van der Waals surface area (Å²) in [6, 6.07) is 11.7. The van der Waals surface area contributed by atoms with Crippen LogP contribution in [0.5, 0.6) is 0 Å². The molecular weight excluding hydrogens is 322 g/mol. The van der Waals surface area contributed by atoms with Crippen LogP contribution >= 0.6 is 11.3 Å². The van der Waals surface area contributed by atoms with Gasteiger partial charge in [-0.3, -0.25) is 15.4 Å². The highest BCUT2D eigenvalue weighted by molar-refractivity contribution is 7.10. The molecule has 3 amide bonds. The number of thiophene rings is 1. The summed E-state index contributed by atoms with van der Waals surface area (Å²) in [5, 5.41) is 10.2. The summed E-state index contributed by atoms with van der Waals surface area (Å²) >= 11 is 1.63. The van der Waals surface area contributed by atoms with E-state index in [2.05, 4.69) is 40.2 Å². The van der Waals surface area contributed by atoms with E-state index in [-0.39, 0.29) is 18.5 Å². The second-order valence-electron chi connectivity index (χ2n) is 5.54. The van der Waals surface area contributed by atoms with Crippen molar-refractivity contribution >= 4 is 23.3 Å². The van der Waals surface area contributed by atoms with E-state index in [1.807, 2.05) is 31.4 Å². The fourth-order valence-corrected chi connectivity index (χ4v) is 3.07. The molecule has 0 aliphatic rings. The predicted octanol–water partition coefficient (Wildman–Crippen LogP) is 2.97. The number of amides is 3. The van der Waals surface area contributed by atoms with E-state index in [1.54, 1.807) is 11.3 Å². The highest BCUT2D eigenvalue weighted by atomic mass is 32.1. The van der Waals surface area contributed by atoms with Gasteiger partial charge in [0.15, 0.2) is 0 Å². The van der Waals surface area contributed by atoms with Gasteiger partial charge in [0.1, 0.15) is 0 Å². The molecule has 0 saturated carbocycles. The Bertz CT molecular complexity index is 653. The van der Waals surface area contributed by atoms with E-state index in [0.717, 1.165) is 16.9 Å². The zero-order valence-corrected chi connectivity index (χ0v) is 14.8. The van der Waals surface area contributed by atoms with E-state index >= 15 is 0 Å². The number of urea groups is 1. The van der Waals surface area contributed by atoms with Gasteiger partial charge in [0.25, 0.3) is 0 Å². The summed E-state index contributed by atoms with van der Waals surface area (Å²) in [6.45, 7) is 4.61. The molecule has 0 unspecified atom stereocenters. The smallest absolute Gasteiger partial charge is 0.321 e. The predicted molar refractivity (Wildman–Crippen MR) is 97.2 cm³/mol. The normalized spacial score (nSPS) is 11.8. The minimum atomic E-state index is -0.452. The molecule has 1 atom stereocenters. The van der Waals surface area contributed by atoms with Crippen molar-refractivity contribution in [3.05, 3.63) is 57.8 Å². The molecule has 0 bridgehead atoms. The summed E-state index contributed by atoms with van der Waals surface area (Å²) in [6.07, 6.45) is 0.827. The van der Waals surface area contributed by atoms with Crippen LogP contribution in [0.2, 0.25) is 0 Å². The minimum absolute atomic E-state index is 0.0655. The molecule has 1 heterocycles. The second kappa shape index (κ2) is 9.20. The van der Waals surface area contributed by atoms with Gasteiger partial charge in [-0.05, 0) is 30.4 Å². The quantitative estimate of drug-likeness (QED) is 0.722. The molecule has 3 N–H and O–H groups in total. The molecule has 0 spiro atoms. The van der Waals surface area contributed by atoms with Crippen molar-refractivity contribution in [2.24, 2.45) is 0 Å². The molecule has 1 aromatic heterocycles. The van der Waals surface area contributed by atoms with E-state index in [4.69, 9.17) is 0 Å². The average Bonchev–Trinajstić information content (AvgIpc) is 3.09. The Morgan fingerprint density at radius 2 is 1.92 bits per heavy atom. The van der Waals surface area contributed by atoms with Crippen molar-refractivity contribution in [3.63, 3.8) is 0 Å². The number of carbonyl (C=O) groups is 2. The number of nitrogens with one attached hydrogen (secondary N) is 3. The average molecular weight is 345 g/mol. The number of hydrogen-bond donors (Lipinski definition) is 3. The van der Waals surface area contributed by atoms with E-state index in [1.165, 1.54) is 5.56 Å². The van der Waals surface area contributed by atoms with Gasteiger partial charge in [-0.15, -0.1) is 11.3 Å². The number of aryl methyl sites for hydroxylation is 1. The minimum Gasteiger partial charge on any atom is -0.338 e. The number of hydrogen-bond acceptors (Lipinski definition) is 4. The largest absolute Gasteiger partial charge is 0.338 e. The standard InChI is InChI=1S/C18H23N3O2S/c1-3-10-19-18(23)21-16(22)12-20-17(15-5-4-11-24-15)14-8-6-13(2)7-9-14/h4-9,11,17,20H,3,10,12H2,1-2H3,(H2,19,21,22,23)/t17-/m1/s1. The monoisotopic (exact) mass is 345 g/mol. The second-order valence-corrected chi connectivity index (χ2v) is 6.52. The van der Waals surface area contributed by atoms with Crippen LogP contribution < -0.4 is 16.0 Å². The molecule has 0 fully saturated rings. The van der Waals surface area contributed by atoms with E-state index in [9.17, 15) is 9.59 Å². The van der Waals surface area contributed by atoms with Gasteiger partial charge in [-0.2, -0.15) is 0 Å². The van der Waals surface area contributed by atoms with Crippen LogP contribution in [0.4, 0.5) is 4.79 Å². The van der Waals surface area contributed by atoms with Gasteiger partial charge < -0.3 is 5.32 Å². The van der Waals surface area contributed by atoms with Crippen LogP contribution in [-0.2, 0) is 4.79 Å². The molecule has 0 saturated heterocycles. The number of imide groups is 1. The lowest BCUT2D eigenvalue weighted by Gasteiger charge is -2.18. The fraction of sp³-hybridized carbons (Fsp3) is 0.333. The summed E-state index contributed by atoms with van der Waals surface area (Å²) in [7, 11) is 0. The first-order valence-corrected chi connectivity index (χ1v) is 8.89. The molecule has 6 heteroatoms. The lowest BCUT2D eigenvalue weighted by Crippen LogP contribution is -2.44. The van der Waals surface area contributed by atoms with Gasteiger partial charge in [-0.25, -0.2) is 4.79 Å². The maximum atomic E-state index is 11.9. The van der Waals surface area contributed by atoms with Gasteiger partial charge >= 0.3 is 6.03 Å². The van der Waals surface area contributed by atoms with Crippen molar-refractivity contribution < 1.29 is 9.59 Å². The maximum absolute atomic E-state index is 11.9. The van der Waals surface area contributed by atoms with E-state index in [0.29, 0.717) is 6.54 Å². The van der Waals surface area contributed by atoms with Crippen LogP contribution in [0.3, 0.4) is 0 Å². The molecule has 2 rings (SSSR count). The first-order valence-electron chi connectivity index (χ1n) is 8.01. The molecule has 0 aliphatic carbocycles. The van der Waals surface area contributed by atoms with Crippen molar-refractivity contribution in [1.29, 1.82) is 0 Å². The molecular formula is C18H23N3O2S. The maximum Gasteiger partial charge on any atom is 0.321 e. The molecule has 5 nitrogen and oxygen atoms in total. The zero-order valence-electron chi connectivity index (χ0n) is 14.0. The summed E-state index contributed by atoms with van der Waals surface area (Å²) in [4.78, 5) is 24.6. The Balaban J connectivity index is 1.98. The van der Waals surface area contributed by atoms with Gasteiger partial charge in [-0.1, -0.05) is 42.8 Å². The summed E-state index contributed by atoms with van der Waals surface area (Å²) < 4.78 is 0. The van der Waals surface area contributed by atoms with Crippen LogP contribution in [-0.4, -0.2) is 25.0 Å². The number of carbonyl (C=O) groups excluding carboxylic acids is 2. The Morgan fingerprint density at radius 3 is 2.54 bits per heavy atom. The van der Waals surface area contributed by atoms with Gasteiger partial charge in [0.2, 0.25) is 5.91 Å². The van der Waals surface area contributed by atoms with E-state index < -0.39 is 6.03 Å². The van der Waals surface area contributed by atoms with Crippen molar-refractivity contribution in [1.82, 2.24) is 16.0 Å². The topological polar surface area (TPSA) is 70.2 Å². The molecule has 128 valence electrons. The Labute approximate surface area is 146 Å². The number of benzene rings is 1. The number of rotatable bonds is 7. The van der Waals surface area contributed by atoms with Crippen molar-refractivity contribution in [2.45, 2.75) is 26.3 Å². The molecule has 0 radical (unpaired) electrons. The van der Waals surface area contributed by atoms with Gasteiger partial charge in [0, 0.05) is 11.4 Å². The van der Waals surface area contributed by atoms with Crippen LogP contribution in [0, 0.1) is 6.92 Å². The third kappa shape index (κ3) is 5.47. The van der Waals surface area contributed by atoms with Gasteiger partial charge in [0.05, 0.1) is 12.6 Å². The third-order valence-corrected chi connectivity index (χ3v) is 4.43. The van der Waals surface area contributed by atoms with Crippen LogP contribution in [0.15, 0.2) is 41.8 Å². The SMILES string of the molecule is CCCNC(=O)NC(=O)CN[C@H](c1ccc(C)cc1)c1cccs1. The van der Waals surface area contributed by atoms with Crippen molar-refractivity contribution in [3.8, 4) is 0 Å². The highest BCUT2D eigenvalue weighted by Crippen LogP contribution is 2.26. The van der Waals surface area contributed by atoms with Crippen LogP contribution in [0.25, 0.3) is 0 Å². The fourth-order valence-electron chi connectivity index (χ4n) is 2.25. The molecule has 2 aromatic rings. The molecule has 1 aromatic carbocycles. The Kier molecular flexibility index (Phi) is 6.96. The third-order valence-electron chi connectivity index (χ3n) is 3.49. The molecule has 0 aliphatic heterocycles. The van der Waals surface area contributed by atoms with Crippen LogP contribution in [0.1, 0.15) is 35.4 Å². The Hall–Kier alpha value is -2.18. The first kappa shape index (κ1) is 18.2. The molecule has 24 heavy (non-hydrogen) atoms. The Morgan fingerprint density at radius 1 is 1.17 bits per heavy atom. The lowest BCUT2D eigenvalue weighted by atomic mass is 10.0. The summed E-state index contributed by atoms with van der Waals surface area (Å²) in [5.74, 6) is -0.350. The summed E-state index contributed by atoms with van der Waals surface area (Å²) in [5.41, 5.74) is 2.28.